The van der Waals surface area contributed by atoms with Gasteiger partial charge in [-0.25, -0.2) is 4.98 Å². The van der Waals surface area contributed by atoms with E-state index >= 15 is 0 Å². The van der Waals surface area contributed by atoms with Crippen LogP contribution in [0.3, 0.4) is 0 Å². The van der Waals surface area contributed by atoms with Crippen LogP contribution >= 0.6 is 11.8 Å². The van der Waals surface area contributed by atoms with Crippen molar-refractivity contribution in [2.24, 2.45) is 0 Å². The summed E-state index contributed by atoms with van der Waals surface area (Å²) < 4.78 is 0. The summed E-state index contributed by atoms with van der Waals surface area (Å²) >= 11 is 1.69. The number of rotatable bonds is 7. The molecule has 1 atom stereocenters. The molecular weight excluding hydrogens is 236 g/mol. The average Bonchev–Trinajstić information content (AvgIpc) is 2.72. The monoisotopic (exact) mass is 256 g/mol. The number of nitrogens with zero attached hydrogens (tertiary/aromatic N) is 2. The van der Waals surface area contributed by atoms with Crippen molar-refractivity contribution in [2.75, 3.05) is 5.75 Å². The van der Waals surface area contributed by atoms with Crippen LogP contribution in [0.1, 0.15) is 38.3 Å². The van der Waals surface area contributed by atoms with Crippen molar-refractivity contribution in [3.8, 4) is 0 Å². The number of thioether (sulfide) groups is 1. The normalized spacial score (nSPS) is 12.4. The molecule has 0 aliphatic carbocycles. The van der Waals surface area contributed by atoms with Crippen LogP contribution in [-0.2, 0) is 11.3 Å². The van der Waals surface area contributed by atoms with E-state index in [1.54, 1.807) is 11.8 Å². The number of hydrogen-bond donors (Lipinski definition) is 2. The predicted molar refractivity (Wildman–Crippen MR) is 69.8 cm³/mol. The molecule has 1 rings (SSSR count). The van der Waals surface area contributed by atoms with E-state index in [9.17, 15) is 4.79 Å². The highest BCUT2D eigenvalue weighted by molar-refractivity contribution is 8.00. The van der Waals surface area contributed by atoms with Gasteiger partial charge in [-0.2, -0.15) is 5.10 Å². The third-order valence-corrected chi connectivity index (χ3v) is 3.54. The predicted octanol–water partition coefficient (Wildman–Crippen LogP) is 1.65. The number of H-pyrrole nitrogens is 1. The summed E-state index contributed by atoms with van der Waals surface area (Å²) in [5.74, 6) is 2.47. The third-order valence-electron chi connectivity index (χ3n) is 2.30. The number of aromatic amines is 1. The maximum absolute atomic E-state index is 11.7. The van der Waals surface area contributed by atoms with E-state index in [0.717, 1.165) is 24.4 Å². The first-order valence-corrected chi connectivity index (χ1v) is 6.95. The van der Waals surface area contributed by atoms with Crippen LogP contribution in [0.25, 0.3) is 0 Å². The van der Waals surface area contributed by atoms with Crippen LogP contribution < -0.4 is 5.32 Å². The molecule has 0 saturated carbocycles. The molecule has 2 N–H and O–H groups in total. The van der Waals surface area contributed by atoms with Crippen LogP contribution in [0, 0.1) is 6.92 Å². The highest BCUT2D eigenvalue weighted by atomic mass is 32.2. The fourth-order valence-electron chi connectivity index (χ4n) is 1.26. The first kappa shape index (κ1) is 14.0. The molecule has 0 aromatic carbocycles. The smallest absolute Gasteiger partial charge is 0.233 e. The third kappa shape index (κ3) is 5.21. The van der Waals surface area contributed by atoms with Crippen molar-refractivity contribution in [2.45, 2.75) is 45.4 Å². The fourth-order valence-corrected chi connectivity index (χ4v) is 2.30. The number of carbonyl (C=O) groups excluding carboxylic acids is 1. The molecule has 0 aliphatic heterocycles. The summed E-state index contributed by atoms with van der Waals surface area (Å²) in [6.45, 7) is 6.30. The summed E-state index contributed by atoms with van der Waals surface area (Å²) in [5, 5.41) is 9.53. The van der Waals surface area contributed by atoms with E-state index in [-0.39, 0.29) is 11.2 Å². The van der Waals surface area contributed by atoms with Crippen LogP contribution in [0.2, 0.25) is 0 Å². The molecule has 0 aliphatic rings. The lowest BCUT2D eigenvalue weighted by atomic mass is 10.4. The Bertz CT molecular complexity index is 353. The van der Waals surface area contributed by atoms with Crippen molar-refractivity contribution in [1.82, 2.24) is 20.5 Å². The van der Waals surface area contributed by atoms with Gasteiger partial charge in [0.15, 0.2) is 5.82 Å². The molecule has 1 amide bonds. The van der Waals surface area contributed by atoms with Crippen molar-refractivity contribution >= 4 is 17.7 Å². The molecule has 0 radical (unpaired) electrons. The topological polar surface area (TPSA) is 70.7 Å². The number of unbranched alkanes of at least 4 members (excludes halogenated alkanes) is 1. The molecule has 0 fully saturated rings. The van der Waals surface area contributed by atoms with E-state index < -0.39 is 0 Å². The minimum atomic E-state index is -0.0124. The van der Waals surface area contributed by atoms with Gasteiger partial charge in [-0.15, -0.1) is 11.8 Å². The highest BCUT2D eigenvalue weighted by Gasteiger charge is 2.13. The zero-order chi connectivity index (χ0) is 12.7. The van der Waals surface area contributed by atoms with E-state index in [1.807, 2.05) is 13.8 Å². The van der Waals surface area contributed by atoms with Crippen molar-refractivity contribution in [3.63, 3.8) is 0 Å². The molecule has 0 saturated heterocycles. The SMILES string of the molecule is CCCCS[C@H](C)C(=O)NCc1n[nH]c(C)n1. The fraction of sp³-hybridized carbons (Fsp3) is 0.727. The van der Waals surface area contributed by atoms with E-state index in [1.165, 1.54) is 0 Å². The Kier molecular flexibility index (Phi) is 6.04. The van der Waals surface area contributed by atoms with E-state index in [2.05, 4.69) is 27.4 Å². The summed E-state index contributed by atoms with van der Waals surface area (Å²) in [6.07, 6.45) is 2.32. The summed E-state index contributed by atoms with van der Waals surface area (Å²) in [5.41, 5.74) is 0. The lowest BCUT2D eigenvalue weighted by molar-refractivity contribution is -0.120. The zero-order valence-electron chi connectivity index (χ0n) is 10.6. The van der Waals surface area contributed by atoms with Crippen LogP contribution in [0.5, 0.6) is 0 Å². The molecule has 5 nitrogen and oxygen atoms in total. The molecule has 6 heteroatoms. The molecule has 1 aromatic rings. The van der Waals surface area contributed by atoms with Gasteiger partial charge in [-0.1, -0.05) is 13.3 Å². The highest BCUT2D eigenvalue weighted by Crippen LogP contribution is 2.12. The molecule has 1 aromatic heterocycles. The summed E-state index contributed by atoms with van der Waals surface area (Å²) in [6, 6.07) is 0. The van der Waals surface area contributed by atoms with Crippen LogP contribution in [0.4, 0.5) is 0 Å². The minimum absolute atomic E-state index is 0.0124. The second-order valence-corrected chi connectivity index (χ2v) is 5.37. The number of carbonyl (C=O) groups is 1. The minimum Gasteiger partial charge on any atom is -0.348 e. The second-order valence-electron chi connectivity index (χ2n) is 3.92. The molecule has 96 valence electrons. The molecule has 0 spiro atoms. The van der Waals surface area contributed by atoms with E-state index in [4.69, 9.17) is 0 Å². The van der Waals surface area contributed by atoms with Crippen molar-refractivity contribution < 1.29 is 4.79 Å². The Balaban J connectivity index is 2.24. The zero-order valence-corrected chi connectivity index (χ0v) is 11.4. The maximum Gasteiger partial charge on any atom is 0.233 e. The molecular formula is C11H20N4OS. The van der Waals surface area contributed by atoms with Crippen LogP contribution in [0.15, 0.2) is 0 Å². The number of aryl methyl sites for hydroxylation is 1. The standard InChI is InChI=1S/C11H20N4OS/c1-4-5-6-17-8(2)11(16)12-7-10-13-9(3)14-15-10/h8H,4-7H2,1-3H3,(H,12,16)(H,13,14,15)/t8-/m1/s1. The lowest BCUT2D eigenvalue weighted by Gasteiger charge is -2.10. The van der Waals surface area contributed by atoms with Gasteiger partial charge < -0.3 is 5.32 Å². The molecule has 1 heterocycles. The second kappa shape index (κ2) is 7.32. The number of aromatic nitrogens is 3. The summed E-state index contributed by atoms with van der Waals surface area (Å²) in [4.78, 5) is 15.8. The van der Waals surface area contributed by atoms with Gasteiger partial charge in [0.2, 0.25) is 5.91 Å². The maximum atomic E-state index is 11.7. The number of amides is 1. The Morgan fingerprint density at radius 3 is 2.94 bits per heavy atom. The van der Waals surface area contributed by atoms with Gasteiger partial charge in [-0.3, -0.25) is 9.89 Å². The van der Waals surface area contributed by atoms with E-state index in [0.29, 0.717) is 12.4 Å². The molecule has 0 unspecified atom stereocenters. The van der Waals surface area contributed by atoms with Crippen molar-refractivity contribution in [1.29, 1.82) is 0 Å². The average molecular weight is 256 g/mol. The van der Waals surface area contributed by atoms with Gasteiger partial charge in [0, 0.05) is 0 Å². The van der Waals surface area contributed by atoms with Crippen molar-refractivity contribution in [3.05, 3.63) is 11.6 Å². The van der Waals surface area contributed by atoms with Crippen LogP contribution in [-0.4, -0.2) is 32.1 Å². The molecule has 0 bridgehead atoms. The van der Waals surface area contributed by atoms with Gasteiger partial charge in [0.05, 0.1) is 11.8 Å². The number of hydrogen-bond acceptors (Lipinski definition) is 4. The summed E-state index contributed by atoms with van der Waals surface area (Å²) in [7, 11) is 0. The molecule has 17 heavy (non-hydrogen) atoms. The van der Waals surface area contributed by atoms with Gasteiger partial charge in [0.25, 0.3) is 0 Å². The Morgan fingerprint density at radius 1 is 1.59 bits per heavy atom. The largest absolute Gasteiger partial charge is 0.348 e. The lowest BCUT2D eigenvalue weighted by Crippen LogP contribution is -2.31. The quantitative estimate of drug-likeness (QED) is 0.728. The Labute approximate surface area is 106 Å². The van der Waals surface area contributed by atoms with Gasteiger partial charge >= 0.3 is 0 Å². The van der Waals surface area contributed by atoms with Gasteiger partial charge in [0.1, 0.15) is 5.82 Å². The first-order chi connectivity index (χ1) is 8.13. The van der Waals surface area contributed by atoms with Gasteiger partial charge in [-0.05, 0) is 26.0 Å². The Morgan fingerprint density at radius 2 is 2.35 bits per heavy atom. The number of nitrogens with one attached hydrogen (secondary N) is 2. The Hall–Kier alpha value is -1.04. The first-order valence-electron chi connectivity index (χ1n) is 5.90.